The third-order valence-electron chi connectivity index (χ3n) is 6.06. The highest BCUT2D eigenvalue weighted by molar-refractivity contribution is 7.12. The maximum absolute atomic E-state index is 13.4. The number of amides is 1. The Labute approximate surface area is 222 Å². The first-order chi connectivity index (χ1) is 18.4. The molecule has 9 heteroatoms. The fourth-order valence-electron chi connectivity index (χ4n) is 4.16. The highest BCUT2D eigenvalue weighted by Crippen LogP contribution is 2.30. The van der Waals surface area contributed by atoms with Crippen molar-refractivity contribution < 1.29 is 18.7 Å². The number of nitriles is 1. The van der Waals surface area contributed by atoms with E-state index in [9.17, 15) is 9.18 Å². The molecule has 1 N–H and O–H groups in total. The second-order valence-corrected chi connectivity index (χ2v) is 9.55. The molecule has 0 unspecified atom stereocenters. The largest absolute Gasteiger partial charge is 0.497 e. The normalized spacial score (nSPS) is 12.5. The van der Waals surface area contributed by atoms with Crippen molar-refractivity contribution in [2.24, 2.45) is 0 Å². The Kier molecular flexibility index (Phi) is 7.07. The van der Waals surface area contributed by atoms with Gasteiger partial charge in [0.05, 0.1) is 41.0 Å². The highest BCUT2D eigenvalue weighted by atomic mass is 32.1. The van der Waals surface area contributed by atoms with Crippen LogP contribution in [0.1, 0.15) is 33.8 Å². The Balaban J connectivity index is 1.43. The van der Waals surface area contributed by atoms with Gasteiger partial charge in [0.25, 0.3) is 5.91 Å². The number of thiophene rings is 1. The lowest BCUT2D eigenvalue weighted by atomic mass is 10.0. The van der Waals surface area contributed by atoms with Crippen molar-refractivity contribution in [3.63, 3.8) is 0 Å². The number of aromatic nitrogens is 2. The van der Waals surface area contributed by atoms with E-state index in [2.05, 4.69) is 10.4 Å². The Morgan fingerprint density at radius 2 is 1.92 bits per heavy atom. The number of benzene rings is 3. The molecule has 5 rings (SSSR count). The van der Waals surface area contributed by atoms with Crippen molar-refractivity contribution in [3.05, 3.63) is 106 Å². The molecule has 190 valence electrons. The van der Waals surface area contributed by atoms with Crippen molar-refractivity contribution in [3.8, 4) is 23.3 Å². The smallest absolute Gasteiger partial charge is 0.261 e. The van der Waals surface area contributed by atoms with E-state index in [1.165, 1.54) is 23.5 Å². The number of carbonyl (C=O) groups excluding carboxylic acids is 1. The predicted octanol–water partition coefficient (Wildman–Crippen LogP) is 6.04. The molecule has 0 aliphatic heterocycles. The molecule has 3 aromatic carbocycles. The minimum absolute atomic E-state index is 0.281. The van der Waals surface area contributed by atoms with E-state index in [0.717, 1.165) is 22.2 Å². The zero-order chi connectivity index (χ0) is 26.6. The first-order valence-electron chi connectivity index (χ1n) is 11.8. The van der Waals surface area contributed by atoms with E-state index >= 15 is 0 Å². The van der Waals surface area contributed by atoms with E-state index < -0.39 is 12.1 Å². The van der Waals surface area contributed by atoms with Crippen LogP contribution in [-0.4, -0.2) is 28.8 Å². The molecule has 2 aromatic heterocycles. The van der Waals surface area contributed by atoms with Crippen molar-refractivity contribution in [1.29, 1.82) is 5.26 Å². The summed E-state index contributed by atoms with van der Waals surface area (Å²) in [6.45, 7) is 1.87. The highest BCUT2D eigenvalue weighted by Gasteiger charge is 2.25. The molecule has 2 heterocycles. The summed E-state index contributed by atoms with van der Waals surface area (Å²) in [6, 6.07) is 22.4. The molecule has 1 amide bonds. The standard InChI is InChI=1S/C29H23FN4O3S/c1-18(33-29(35)27-12-19(15-31)17-38-27)28(20-4-3-5-24(13-20)36-2)37-25-10-11-26-21(14-25)16-32-34(26)23-8-6-22(30)7-9-23/h3-14,16-18,28H,1-2H3,(H,33,35)/t18-,28-/m0/s1. The number of methoxy groups -OCH3 is 1. The lowest BCUT2D eigenvalue weighted by molar-refractivity contribution is 0.0886. The van der Waals surface area contributed by atoms with Crippen LogP contribution < -0.4 is 14.8 Å². The average molecular weight is 527 g/mol. The SMILES string of the molecule is COc1cccc([C@@H](Oc2ccc3c(cnn3-c3ccc(F)cc3)c2)[C@H](C)NC(=O)c2cc(C#N)cs2)c1. The molecule has 0 spiro atoms. The topological polar surface area (TPSA) is 89.2 Å². The van der Waals surface area contributed by atoms with Crippen LogP contribution in [0.15, 0.2) is 84.4 Å². The van der Waals surface area contributed by atoms with Gasteiger partial charge in [-0.25, -0.2) is 9.07 Å². The zero-order valence-corrected chi connectivity index (χ0v) is 21.4. The monoisotopic (exact) mass is 526 g/mol. The Morgan fingerprint density at radius 3 is 2.66 bits per heavy atom. The molecule has 38 heavy (non-hydrogen) atoms. The van der Waals surface area contributed by atoms with Crippen molar-refractivity contribution >= 4 is 28.1 Å². The Morgan fingerprint density at radius 1 is 1.11 bits per heavy atom. The summed E-state index contributed by atoms with van der Waals surface area (Å²) in [5, 5.41) is 19.0. The van der Waals surface area contributed by atoms with Crippen LogP contribution in [-0.2, 0) is 0 Å². The van der Waals surface area contributed by atoms with Gasteiger partial charge in [-0.05, 0) is 73.2 Å². The van der Waals surface area contributed by atoms with E-state index in [0.29, 0.717) is 21.9 Å². The van der Waals surface area contributed by atoms with Crippen LogP contribution >= 0.6 is 11.3 Å². The van der Waals surface area contributed by atoms with Crippen molar-refractivity contribution in [2.75, 3.05) is 7.11 Å². The lowest BCUT2D eigenvalue weighted by Crippen LogP contribution is -2.39. The zero-order valence-electron chi connectivity index (χ0n) is 20.6. The molecule has 7 nitrogen and oxygen atoms in total. The van der Waals surface area contributed by atoms with Gasteiger partial charge in [-0.2, -0.15) is 10.4 Å². The first-order valence-corrected chi connectivity index (χ1v) is 12.7. The summed E-state index contributed by atoms with van der Waals surface area (Å²) < 4.78 is 27.0. The number of rotatable bonds is 8. The molecule has 0 aliphatic carbocycles. The van der Waals surface area contributed by atoms with Gasteiger partial charge in [0.15, 0.2) is 0 Å². The summed E-state index contributed by atoms with van der Waals surface area (Å²) in [5.41, 5.74) is 2.86. The number of hydrogen-bond acceptors (Lipinski definition) is 6. The summed E-state index contributed by atoms with van der Waals surface area (Å²) in [4.78, 5) is 13.4. The van der Waals surface area contributed by atoms with Gasteiger partial charge in [0.1, 0.15) is 29.5 Å². The molecule has 5 aromatic rings. The number of nitrogens with one attached hydrogen (secondary N) is 1. The molecule has 0 bridgehead atoms. The maximum atomic E-state index is 13.4. The molecule has 0 saturated heterocycles. The van der Waals surface area contributed by atoms with Gasteiger partial charge in [-0.3, -0.25) is 4.79 Å². The second-order valence-electron chi connectivity index (χ2n) is 8.64. The number of carbonyl (C=O) groups is 1. The van der Waals surface area contributed by atoms with Crippen molar-refractivity contribution in [2.45, 2.75) is 19.1 Å². The van der Waals surface area contributed by atoms with Crippen LogP contribution in [0, 0.1) is 17.1 Å². The average Bonchev–Trinajstić information content (AvgIpc) is 3.59. The molecule has 0 aliphatic rings. The third kappa shape index (κ3) is 5.21. The predicted molar refractivity (Wildman–Crippen MR) is 143 cm³/mol. The van der Waals surface area contributed by atoms with E-state index in [4.69, 9.17) is 14.7 Å². The number of nitrogens with zero attached hydrogens (tertiary/aromatic N) is 3. The minimum atomic E-state index is -0.547. The number of halogens is 1. The van der Waals surface area contributed by atoms with Gasteiger partial charge < -0.3 is 14.8 Å². The molecule has 0 saturated carbocycles. The van der Waals surface area contributed by atoms with Crippen LogP contribution in [0.2, 0.25) is 0 Å². The number of fused-ring (bicyclic) bond motifs is 1. The number of ether oxygens (including phenoxy) is 2. The summed E-state index contributed by atoms with van der Waals surface area (Å²) in [5.74, 6) is 0.669. The van der Waals surface area contributed by atoms with Crippen LogP contribution in [0.25, 0.3) is 16.6 Å². The molecule has 0 radical (unpaired) electrons. The summed E-state index contributed by atoms with van der Waals surface area (Å²) in [7, 11) is 1.59. The molecular formula is C29H23FN4O3S. The van der Waals surface area contributed by atoms with Crippen molar-refractivity contribution in [1.82, 2.24) is 15.1 Å². The fraction of sp³-hybridized carbons (Fsp3) is 0.138. The maximum Gasteiger partial charge on any atom is 0.261 e. The lowest BCUT2D eigenvalue weighted by Gasteiger charge is -2.27. The fourth-order valence-corrected chi connectivity index (χ4v) is 4.90. The van der Waals surface area contributed by atoms with E-state index in [1.54, 1.807) is 41.6 Å². The van der Waals surface area contributed by atoms with Gasteiger partial charge >= 0.3 is 0 Å². The number of hydrogen-bond donors (Lipinski definition) is 1. The summed E-state index contributed by atoms with van der Waals surface area (Å²) >= 11 is 1.22. The van der Waals surface area contributed by atoms with Gasteiger partial charge in [0.2, 0.25) is 0 Å². The third-order valence-corrected chi connectivity index (χ3v) is 6.99. The van der Waals surface area contributed by atoms with E-state index in [-0.39, 0.29) is 11.7 Å². The molecular weight excluding hydrogens is 503 g/mol. The quantitative estimate of drug-likeness (QED) is 0.266. The first kappa shape index (κ1) is 25.0. The van der Waals surface area contributed by atoms with Gasteiger partial charge in [-0.15, -0.1) is 11.3 Å². The van der Waals surface area contributed by atoms with Gasteiger partial charge in [-0.1, -0.05) is 12.1 Å². The molecule has 2 atom stereocenters. The minimum Gasteiger partial charge on any atom is -0.497 e. The van der Waals surface area contributed by atoms with Crippen LogP contribution in [0.3, 0.4) is 0 Å². The Bertz CT molecular complexity index is 1640. The van der Waals surface area contributed by atoms with E-state index in [1.807, 2.05) is 55.5 Å². The van der Waals surface area contributed by atoms with Gasteiger partial charge in [0, 0.05) is 10.8 Å². The summed E-state index contributed by atoms with van der Waals surface area (Å²) in [6.07, 6.45) is 1.18. The second kappa shape index (κ2) is 10.7. The molecule has 0 fully saturated rings. The van der Waals surface area contributed by atoms with Crippen LogP contribution in [0.4, 0.5) is 4.39 Å². The Hall–Kier alpha value is -4.68. The van der Waals surface area contributed by atoms with Crippen LogP contribution in [0.5, 0.6) is 11.5 Å².